The van der Waals surface area contributed by atoms with Crippen LogP contribution in [0.4, 0.5) is 0 Å². The molecule has 0 aliphatic carbocycles. The molecule has 0 heterocycles. The first kappa shape index (κ1) is 15.1. The Labute approximate surface area is 129 Å². The third-order valence-corrected chi connectivity index (χ3v) is 4.41. The average molecular weight is 307 g/mol. The molecule has 0 N–H and O–H groups in total. The molecular formula is C17H16Cl2O. The maximum Gasteiger partial charge on any atom is 0.164 e. The maximum atomic E-state index is 12.2. The van der Waals surface area contributed by atoms with E-state index in [1.54, 1.807) is 18.2 Å². The summed E-state index contributed by atoms with van der Waals surface area (Å²) < 4.78 is 0. The zero-order chi connectivity index (χ0) is 14.7. The fourth-order valence-corrected chi connectivity index (χ4v) is 2.59. The van der Waals surface area contributed by atoms with E-state index < -0.39 is 0 Å². The second kappa shape index (κ2) is 6.43. The number of carbonyl (C=O) groups is 1. The molecule has 0 aliphatic rings. The lowest BCUT2D eigenvalue weighted by molar-refractivity contribution is 0.0983. The fraction of sp³-hybridized carbons (Fsp3) is 0.235. The van der Waals surface area contributed by atoms with E-state index in [4.69, 9.17) is 23.2 Å². The van der Waals surface area contributed by atoms with E-state index in [9.17, 15) is 4.79 Å². The summed E-state index contributed by atoms with van der Waals surface area (Å²) in [6, 6.07) is 11.3. The van der Waals surface area contributed by atoms with E-state index in [1.807, 2.05) is 6.07 Å². The number of hydrogen-bond donors (Lipinski definition) is 0. The van der Waals surface area contributed by atoms with Crippen molar-refractivity contribution in [3.8, 4) is 0 Å². The molecule has 0 aromatic heterocycles. The Morgan fingerprint density at radius 2 is 1.75 bits per heavy atom. The van der Waals surface area contributed by atoms with Gasteiger partial charge in [0.05, 0.1) is 10.0 Å². The molecule has 3 heteroatoms. The zero-order valence-electron chi connectivity index (χ0n) is 11.5. The minimum absolute atomic E-state index is 0.0263. The first-order chi connectivity index (χ1) is 9.50. The summed E-state index contributed by atoms with van der Waals surface area (Å²) in [6.45, 7) is 4.16. The van der Waals surface area contributed by atoms with Crippen LogP contribution < -0.4 is 0 Å². The molecule has 2 aromatic carbocycles. The van der Waals surface area contributed by atoms with Gasteiger partial charge in [0, 0.05) is 12.0 Å². The van der Waals surface area contributed by atoms with E-state index in [0.717, 1.165) is 6.42 Å². The smallest absolute Gasteiger partial charge is 0.164 e. The molecule has 0 atom stereocenters. The number of aryl methyl sites for hydroxylation is 2. The Morgan fingerprint density at radius 1 is 1.05 bits per heavy atom. The van der Waals surface area contributed by atoms with Crippen molar-refractivity contribution in [3.63, 3.8) is 0 Å². The summed E-state index contributed by atoms with van der Waals surface area (Å²) in [5.41, 5.74) is 4.20. The van der Waals surface area contributed by atoms with E-state index >= 15 is 0 Å². The second-order valence-electron chi connectivity index (χ2n) is 4.88. The van der Waals surface area contributed by atoms with E-state index in [1.165, 1.54) is 16.7 Å². The van der Waals surface area contributed by atoms with Crippen molar-refractivity contribution >= 4 is 29.0 Å². The van der Waals surface area contributed by atoms with E-state index in [-0.39, 0.29) is 5.78 Å². The van der Waals surface area contributed by atoms with Crippen LogP contribution in [0.25, 0.3) is 0 Å². The van der Waals surface area contributed by atoms with Crippen LogP contribution in [0.15, 0.2) is 36.4 Å². The van der Waals surface area contributed by atoms with Crippen molar-refractivity contribution in [2.45, 2.75) is 26.7 Å². The van der Waals surface area contributed by atoms with Crippen LogP contribution >= 0.6 is 23.2 Å². The van der Waals surface area contributed by atoms with Crippen molar-refractivity contribution in [2.24, 2.45) is 0 Å². The van der Waals surface area contributed by atoms with Gasteiger partial charge in [-0.05, 0) is 49.1 Å². The predicted molar refractivity (Wildman–Crippen MR) is 85.0 cm³/mol. The summed E-state index contributed by atoms with van der Waals surface area (Å²) in [4.78, 5) is 12.2. The number of benzene rings is 2. The molecule has 0 radical (unpaired) electrons. The molecule has 0 saturated carbocycles. The van der Waals surface area contributed by atoms with Gasteiger partial charge in [-0.25, -0.2) is 0 Å². The molecule has 0 bridgehead atoms. The van der Waals surface area contributed by atoms with Crippen LogP contribution in [0.2, 0.25) is 10.0 Å². The highest BCUT2D eigenvalue weighted by Crippen LogP contribution is 2.27. The normalized spacial score (nSPS) is 10.6. The van der Waals surface area contributed by atoms with E-state index in [0.29, 0.717) is 22.0 Å². The molecular weight excluding hydrogens is 291 g/mol. The molecule has 0 unspecified atom stereocenters. The first-order valence-corrected chi connectivity index (χ1v) is 7.28. The van der Waals surface area contributed by atoms with Crippen molar-refractivity contribution in [1.82, 2.24) is 0 Å². The van der Waals surface area contributed by atoms with Crippen LogP contribution in [-0.2, 0) is 6.42 Å². The highest BCUT2D eigenvalue weighted by Gasteiger charge is 2.13. The van der Waals surface area contributed by atoms with Crippen LogP contribution in [-0.4, -0.2) is 5.78 Å². The molecule has 104 valence electrons. The largest absolute Gasteiger partial charge is 0.294 e. The second-order valence-corrected chi connectivity index (χ2v) is 5.67. The minimum Gasteiger partial charge on any atom is -0.294 e. The number of ketones is 1. The number of Topliss-reactive ketones (excluding diaryl/α,β-unsaturated/α-hetero) is 1. The van der Waals surface area contributed by atoms with Gasteiger partial charge in [0.25, 0.3) is 0 Å². The number of rotatable bonds is 4. The molecule has 0 fully saturated rings. The van der Waals surface area contributed by atoms with Gasteiger partial charge >= 0.3 is 0 Å². The van der Waals surface area contributed by atoms with Gasteiger partial charge < -0.3 is 0 Å². The molecule has 0 saturated heterocycles. The van der Waals surface area contributed by atoms with Crippen molar-refractivity contribution in [1.29, 1.82) is 0 Å². The highest BCUT2D eigenvalue weighted by atomic mass is 35.5. The molecule has 0 aliphatic heterocycles. The van der Waals surface area contributed by atoms with Crippen molar-refractivity contribution < 1.29 is 4.79 Å². The van der Waals surface area contributed by atoms with Gasteiger partial charge in [-0.15, -0.1) is 0 Å². The summed E-state index contributed by atoms with van der Waals surface area (Å²) in [7, 11) is 0. The summed E-state index contributed by atoms with van der Waals surface area (Å²) in [5, 5.41) is 0.768. The molecule has 2 rings (SSSR count). The topological polar surface area (TPSA) is 17.1 Å². The standard InChI is InChI=1S/C17H16Cl2O/c1-11-5-3-6-13(12(11)2)9-10-16(20)14-7-4-8-15(18)17(14)19/h3-8H,9-10H2,1-2H3. The van der Waals surface area contributed by atoms with Crippen molar-refractivity contribution in [3.05, 3.63) is 68.7 Å². The Morgan fingerprint density at radius 3 is 2.50 bits per heavy atom. The quantitative estimate of drug-likeness (QED) is 0.689. The molecule has 2 aromatic rings. The van der Waals surface area contributed by atoms with Gasteiger partial charge in [0.15, 0.2) is 5.78 Å². The minimum atomic E-state index is 0.0263. The summed E-state index contributed by atoms with van der Waals surface area (Å²) in [6.07, 6.45) is 1.15. The number of carbonyl (C=O) groups excluding carboxylic acids is 1. The summed E-state index contributed by atoms with van der Waals surface area (Å²) in [5.74, 6) is 0.0263. The van der Waals surface area contributed by atoms with Crippen LogP contribution in [0.1, 0.15) is 33.5 Å². The third-order valence-electron chi connectivity index (χ3n) is 3.59. The zero-order valence-corrected chi connectivity index (χ0v) is 13.1. The lowest BCUT2D eigenvalue weighted by Crippen LogP contribution is -2.03. The SMILES string of the molecule is Cc1cccc(CCC(=O)c2cccc(Cl)c2Cl)c1C. The van der Waals surface area contributed by atoms with Crippen molar-refractivity contribution in [2.75, 3.05) is 0 Å². The van der Waals surface area contributed by atoms with Crippen LogP contribution in [0, 0.1) is 13.8 Å². The first-order valence-electron chi connectivity index (χ1n) is 6.53. The summed E-state index contributed by atoms with van der Waals surface area (Å²) >= 11 is 12.0. The number of halogens is 2. The van der Waals surface area contributed by atoms with Crippen LogP contribution in [0.3, 0.4) is 0 Å². The van der Waals surface area contributed by atoms with E-state index in [2.05, 4.69) is 26.0 Å². The van der Waals surface area contributed by atoms with Crippen LogP contribution in [0.5, 0.6) is 0 Å². The van der Waals surface area contributed by atoms with Gasteiger partial charge in [-0.2, -0.15) is 0 Å². The fourth-order valence-electron chi connectivity index (χ4n) is 2.18. The number of hydrogen-bond acceptors (Lipinski definition) is 1. The Kier molecular flexibility index (Phi) is 4.85. The van der Waals surface area contributed by atoms with Gasteiger partial charge in [-0.1, -0.05) is 47.5 Å². The lowest BCUT2D eigenvalue weighted by Gasteiger charge is -2.09. The Hall–Kier alpha value is -1.31. The van der Waals surface area contributed by atoms with Gasteiger partial charge in [0.1, 0.15) is 0 Å². The average Bonchev–Trinajstić information content (AvgIpc) is 2.43. The monoisotopic (exact) mass is 306 g/mol. The maximum absolute atomic E-state index is 12.2. The highest BCUT2D eigenvalue weighted by molar-refractivity contribution is 6.43. The van der Waals surface area contributed by atoms with Gasteiger partial charge in [-0.3, -0.25) is 4.79 Å². The predicted octanol–water partition coefficient (Wildman–Crippen LogP) is 5.43. The Balaban J connectivity index is 2.13. The van der Waals surface area contributed by atoms with Gasteiger partial charge in [0.2, 0.25) is 0 Å². The Bertz CT molecular complexity index is 647. The molecule has 1 nitrogen and oxygen atoms in total. The molecule has 0 amide bonds. The lowest BCUT2D eigenvalue weighted by atomic mass is 9.97. The third kappa shape index (κ3) is 3.23. The molecule has 20 heavy (non-hydrogen) atoms. The molecule has 0 spiro atoms.